The molecule has 0 bridgehead atoms. The van der Waals surface area contributed by atoms with Gasteiger partial charge in [-0.05, 0) is 6.92 Å². The summed E-state index contributed by atoms with van der Waals surface area (Å²) in [5.74, 6) is 0. The van der Waals surface area contributed by atoms with Crippen molar-refractivity contribution in [2.75, 3.05) is 13.2 Å². The average Bonchev–Trinajstić information content (AvgIpc) is 2.73. The van der Waals surface area contributed by atoms with E-state index in [1.807, 2.05) is 0 Å². The van der Waals surface area contributed by atoms with Crippen LogP contribution in [0.4, 0.5) is 0 Å². The van der Waals surface area contributed by atoms with Gasteiger partial charge in [-0.25, -0.2) is 4.79 Å². The first-order valence-corrected chi connectivity index (χ1v) is 5.28. The second-order valence-electron chi connectivity index (χ2n) is 3.93. The van der Waals surface area contributed by atoms with Gasteiger partial charge in [-0.2, -0.15) is 0 Å². The van der Waals surface area contributed by atoms with Crippen LogP contribution in [0.25, 0.3) is 0 Å². The van der Waals surface area contributed by atoms with Crippen molar-refractivity contribution < 1.29 is 14.6 Å². The highest BCUT2D eigenvalue weighted by atomic mass is 16.7. The van der Waals surface area contributed by atoms with E-state index in [0.717, 1.165) is 0 Å². The molecule has 1 aromatic heterocycles. The average molecular weight is 242 g/mol. The van der Waals surface area contributed by atoms with E-state index in [4.69, 9.17) is 14.6 Å². The fourth-order valence-corrected chi connectivity index (χ4v) is 1.61. The number of aliphatic hydroxyl groups is 1. The van der Waals surface area contributed by atoms with Gasteiger partial charge >= 0.3 is 5.69 Å². The standard InChI is InChI=1S/C10H14N2O5/c1-6-2-12(10(15)11-9(6)14)3-8-16-5-7(4-13)17-8/h2,7-8,13H,3-5H2,1H3,(H,11,14,15)/t7-,8-/m0/s1. The minimum absolute atomic E-state index is 0.115. The lowest BCUT2D eigenvalue weighted by Gasteiger charge is -2.12. The fraction of sp³-hybridized carbons (Fsp3) is 0.600. The van der Waals surface area contributed by atoms with Crippen molar-refractivity contribution in [3.05, 3.63) is 32.6 Å². The number of rotatable bonds is 3. The lowest BCUT2D eigenvalue weighted by atomic mass is 10.4. The molecule has 0 amide bonds. The first-order valence-electron chi connectivity index (χ1n) is 5.28. The molecular weight excluding hydrogens is 228 g/mol. The number of H-pyrrole nitrogens is 1. The Morgan fingerprint density at radius 3 is 3.00 bits per heavy atom. The van der Waals surface area contributed by atoms with E-state index in [9.17, 15) is 9.59 Å². The quantitative estimate of drug-likeness (QED) is 0.678. The first-order chi connectivity index (χ1) is 8.10. The molecule has 0 aliphatic carbocycles. The molecule has 1 aromatic rings. The number of nitrogens with one attached hydrogen (secondary N) is 1. The van der Waals surface area contributed by atoms with Crippen molar-refractivity contribution in [3.63, 3.8) is 0 Å². The van der Waals surface area contributed by atoms with Crippen molar-refractivity contribution in [1.82, 2.24) is 9.55 Å². The minimum Gasteiger partial charge on any atom is -0.394 e. The summed E-state index contributed by atoms with van der Waals surface area (Å²) >= 11 is 0. The maximum atomic E-state index is 11.5. The lowest BCUT2D eigenvalue weighted by molar-refractivity contribution is -0.0748. The maximum Gasteiger partial charge on any atom is 0.328 e. The number of ether oxygens (including phenoxy) is 2. The number of aromatic amines is 1. The molecule has 1 fully saturated rings. The molecule has 17 heavy (non-hydrogen) atoms. The summed E-state index contributed by atoms with van der Waals surface area (Å²) in [5, 5.41) is 8.86. The molecule has 0 saturated carbocycles. The summed E-state index contributed by atoms with van der Waals surface area (Å²) < 4.78 is 11.9. The summed E-state index contributed by atoms with van der Waals surface area (Å²) in [7, 11) is 0. The SMILES string of the molecule is Cc1cn(C[C@H]2OC[C@H](CO)O2)c(=O)[nH]c1=O. The summed E-state index contributed by atoms with van der Waals surface area (Å²) in [6.07, 6.45) is 0.537. The third kappa shape index (κ3) is 2.63. The van der Waals surface area contributed by atoms with Crippen LogP contribution in [0.1, 0.15) is 5.56 Å². The molecule has 2 heterocycles. The van der Waals surface area contributed by atoms with Crippen molar-refractivity contribution in [2.24, 2.45) is 0 Å². The van der Waals surface area contributed by atoms with Gasteiger partial charge in [0, 0.05) is 11.8 Å². The van der Waals surface area contributed by atoms with Crippen LogP contribution in [0.3, 0.4) is 0 Å². The Bertz CT molecular complexity index is 506. The zero-order chi connectivity index (χ0) is 12.4. The van der Waals surface area contributed by atoms with Crippen molar-refractivity contribution in [3.8, 4) is 0 Å². The van der Waals surface area contributed by atoms with Gasteiger partial charge in [0.15, 0.2) is 6.29 Å². The van der Waals surface area contributed by atoms with Gasteiger partial charge in [0.25, 0.3) is 5.56 Å². The summed E-state index contributed by atoms with van der Waals surface area (Å²) in [6, 6.07) is 0. The predicted molar refractivity (Wildman–Crippen MR) is 57.8 cm³/mol. The topological polar surface area (TPSA) is 93.6 Å². The third-order valence-corrected chi connectivity index (χ3v) is 2.55. The number of nitrogens with zero attached hydrogens (tertiary/aromatic N) is 1. The number of hydrogen-bond acceptors (Lipinski definition) is 5. The highest BCUT2D eigenvalue weighted by Crippen LogP contribution is 2.12. The molecule has 0 spiro atoms. The molecule has 7 nitrogen and oxygen atoms in total. The number of aromatic nitrogens is 2. The van der Waals surface area contributed by atoms with E-state index in [1.54, 1.807) is 6.92 Å². The summed E-state index contributed by atoms with van der Waals surface area (Å²) in [6.45, 7) is 1.99. The second-order valence-corrected chi connectivity index (χ2v) is 3.93. The maximum absolute atomic E-state index is 11.5. The molecule has 1 aliphatic heterocycles. The highest BCUT2D eigenvalue weighted by molar-refractivity contribution is 5.00. The van der Waals surface area contributed by atoms with Gasteiger partial charge < -0.3 is 14.6 Å². The van der Waals surface area contributed by atoms with E-state index in [0.29, 0.717) is 12.2 Å². The number of aliphatic hydroxyl groups excluding tert-OH is 1. The lowest BCUT2D eigenvalue weighted by Crippen LogP contribution is -2.34. The molecule has 7 heteroatoms. The summed E-state index contributed by atoms with van der Waals surface area (Å²) in [4.78, 5) is 24.8. The molecule has 1 aliphatic rings. The van der Waals surface area contributed by atoms with Crippen LogP contribution in [-0.4, -0.2) is 40.3 Å². The molecule has 0 aromatic carbocycles. The Hall–Kier alpha value is -1.44. The van der Waals surface area contributed by atoms with Gasteiger partial charge in [-0.3, -0.25) is 14.3 Å². The van der Waals surface area contributed by atoms with Crippen LogP contribution in [-0.2, 0) is 16.0 Å². The van der Waals surface area contributed by atoms with Crippen LogP contribution in [0.2, 0.25) is 0 Å². The third-order valence-electron chi connectivity index (χ3n) is 2.55. The van der Waals surface area contributed by atoms with E-state index < -0.39 is 17.5 Å². The van der Waals surface area contributed by atoms with Crippen LogP contribution in [0.5, 0.6) is 0 Å². The first kappa shape index (κ1) is 12.0. The van der Waals surface area contributed by atoms with Gasteiger partial charge in [-0.15, -0.1) is 0 Å². The van der Waals surface area contributed by atoms with Crippen LogP contribution in [0, 0.1) is 6.92 Å². The molecule has 2 atom stereocenters. The van der Waals surface area contributed by atoms with Crippen LogP contribution in [0.15, 0.2) is 15.8 Å². The van der Waals surface area contributed by atoms with Crippen molar-refractivity contribution >= 4 is 0 Å². The molecule has 2 rings (SSSR count). The zero-order valence-electron chi connectivity index (χ0n) is 9.38. The van der Waals surface area contributed by atoms with E-state index in [2.05, 4.69) is 4.98 Å². The molecule has 94 valence electrons. The normalized spacial score (nSPS) is 24.1. The zero-order valence-corrected chi connectivity index (χ0v) is 9.38. The Kier molecular flexibility index (Phi) is 3.41. The Labute approximate surface area is 96.6 Å². The van der Waals surface area contributed by atoms with Gasteiger partial charge in [0.1, 0.15) is 6.10 Å². The monoisotopic (exact) mass is 242 g/mol. The smallest absolute Gasteiger partial charge is 0.328 e. The van der Waals surface area contributed by atoms with E-state index in [1.165, 1.54) is 10.8 Å². The molecule has 0 unspecified atom stereocenters. The largest absolute Gasteiger partial charge is 0.394 e. The van der Waals surface area contributed by atoms with E-state index >= 15 is 0 Å². The van der Waals surface area contributed by atoms with Gasteiger partial charge in [0.2, 0.25) is 0 Å². The number of aryl methyl sites for hydroxylation is 1. The fourth-order valence-electron chi connectivity index (χ4n) is 1.61. The Morgan fingerprint density at radius 2 is 2.35 bits per heavy atom. The van der Waals surface area contributed by atoms with Crippen LogP contribution < -0.4 is 11.2 Å². The van der Waals surface area contributed by atoms with Crippen molar-refractivity contribution in [1.29, 1.82) is 0 Å². The van der Waals surface area contributed by atoms with E-state index in [-0.39, 0.29) is 19.3 Å². The van der Waals surface area contributed by atoms with Crippen molar-refractivity contribution in [2.45, 2.75) is 25.9 Å². The minimum atomic E-state index is -0.574. The number of hydrogen-bond donors (Lipinski definition) is 2. The highest BCUT2D eigenvalue weighted by Gasteiger charge is 2.25. The second kappa shape index (κ2) is 4.82. The van der Waals surface area contributed by atoms with Crippen LogP contribution >= 0.6 is 0 Å². The predicted octanol–water partition coefficient (Wildman–Crippen LogP) is -1.42. The Morgan fingerprint density at radius 1 is 1.59 bits per heavy atom. The molecular formula is C10H14N2O5. The molecule has 1 saturated heterocycles. The molecule has 2 N–H and O–H groups in total. The van der Waals surface area contributed by atoms with Gasteiger partial charge in [0.05, 0.1) is 19.8 Å². The Balaban J connectivity index is 2.12. The molecule has 0 radical (unpaired) electrons. The summed E-state index contributed by atoms with van der Waals surface area (Å²) in [5.41, 5.74) is -0.450. The van der Waals surface area contributed by atoms with Gasteiger partial charge in [-0.1, -0.05) is 0 Å².